The molecule has 162 valence electrons. The normalized spacial score (nSPS) is 12.2. The van der Waals surface area contributed by atoms with E-state index in [9.17, 15) is 4.39 Å². The zero-order valence-corrected chi connectivity index (χ0v) is 19.4. The van der Waals surface area contributed by atoms with Crippen LogP contribution < -0.4 is 20.7 Å². The Labute approximate surface area is 191 Å². The molecule has 11 heteroatoms. The molecule has 2 aromatic heterocycles. The van der Waals surface area contributed by atoms with Gasteiger partial charge in [-0.2, -0.15) is 5.10 Å². The lowest BCUT2D eigenvalue weighted by molar-refractivity contribution is 0.214. The summed E-state index contributed by atoms with van der Waals surface area (Å²) in [7, 11) is 3.53. The molecule has 3 rings (SSSR count). The van der Waals surface area contributed by atoms with Crippen LogP contribution in [0.4, 0.5) is 10.2 Å². The standard InChI is InChI=1S/C19H25FN8O.HI/c1-13(29-16-7-5-4-6-15(16)20)10-24-19(21-2)23-9-8-22-17-14-11-27-28(3)18(14)26-12-25-17;/h4-7,11-13H,8-10H2,1-3H3,(H2,21,23,24)(H,22,25,26);1H. The molecule has 0 spiro atoms. The fourth-order valence-corrected chi connectivity index (χ4v) is 2.72. The topological polar surface area (TPSA) is 101 Å². The maximum Gasteiger partial charge on any atom is 0.191 e. The Kier molecular flexibility index (Phi) is 9.02. The van der Waals surface area contributed by atoms with Gasteiger partial charge in [-0.25, -0.2) is 14.4 Å². The van der Waals surface area contributed by atoms with E-state index in [2.05, 4.69) is 36.0 Å². The molecule has 30 heavy (non-hydrogen) atoms. The van der Waals surface area contributed by atoms with Gasteiger partial charge in [0.2, 0.25) is 0 Å². The highest BCUT2D eigenvalue weighted by Gasteiger charge is 2.09. The second-order valence-electron chi connectivity index (χ2n) is 6.39. The number of ether oxygens (including phenoxy) is 1. The first-order valence-corrected chi connectivity index (χ1v) is 9.30. The number of aliphatic imine (C=N–C) groups is 1. The van der Waals surface area contributed by atoms with Gasteiger partial charge in [0.1, 0.15) is 18.2 Å². The molecule has 0 radical (unpaired) electrons. The van der Waals surface area contributed by atoms with E-state index in [-0.39, 0.29) is 41.6 Å². The number of hydrogen-bond acceptors (Lipinski definition) is 6. The summed E-state index contributed by atoms with van der Waals surface area (Å²) in [6, 6.07) is 6.35. The van der Waals surface area contributed by atoms with Crippen molar-refractivity contribution in [3.05, 3.63) is 42.6 Å². The Balaban J connectivity index is 0.00000320. The molecule has 3 aromatic rings. The molecule has 0 aliphatic heterocycles. The van der Waals surface area contributed by atoms with Crippen LogP contribution in [0.5, 0.6) is 5.75 Å². The van der Waals surface area contributed by atoms with Crippen molar-refractivity contribution >= 4 is 46.8 Å². The molecule has 1 unspecified atom stereocenters. The molecule has 2 heterocycles. The number of halogens is 2. The average molecular weight is 528 g/mol. The Morgan fingerprint density at radius 3 is 2.80 bits per heavy atom. The van der Waals surface area contributed by atoms with E-state index in [4.69, 9.17) is 4.74 Å². The van der Waals surface area contributed by atoms with E-state index in [0.717, 1.165) is 16.9 Å². The molecule has 1 aromatic carbocycles. The fraction of sp³-hybridized carbons (Fsp3) is 0.368. The van der Waals surface area contributed by atoms with E-state index < -0.39 is 0 Å². The van der Waals surface area contributed by atoms with Crippen molar-refractivity contribution in [1.82, 2.24) is 30.4 Å². The molecule has 0 bridgehead atoms. The third-order valence-corrected chi connectivity index (χ3v) is 4.18. The van der Waals surface area contributed by atoms with E-state index in [1.807, 2.05) is 14.0 Å². The van der Waals surface area contributed by atoms with Crippen LogP contribution in [0.3, 0.4) is 0 Å². The van der Waals surface area contributed by atoms with Crippen molar-refractivity contribution in [2.45, 2.75) is 13.0 Å². The van der Waals surface area contributed by atoms with Crippen LogP contribution in [0.15, 0.2) is 41.8 Å². The molecule has 0 saturated carbocycles. The van der Waals surface area contributed by atoms with Crippen LogP contribution in [-0.2, 0) is 7.05 Å². The van der Waals surface area contributed by atoms with Gasteiger partial charge in [-0.1, -0.05) is 12.1 Å². The number of hydrogen-bond donors (Lipinski definition) is 3. The summed E-state index contributed by atoms with van der Waals surface area (Å²) in [6.07, 6.45) is 3.02. The summed E-state index contributed by atoms with van der Waals surface area (Å²) in [5.41, 5.74) is 0.775. The lowest BCUT2D eigenvalue weighted by Crippen LogP contribution is -2.43. The summed E-state index contributed by atoms with van der Waals surface area (Å²) in [6.45, 7) is 3.59. The van der Waals surface area contributed by atoms with Gasteiger partial charge in [-0.15, -0.1) is 24.0 Å². The van der Waals surface area contributed by atoms with Gasteiger partial charge in [0.25, 0.3) is 0 Å². The number of nitrogens with zero attached hydrogens (tertiary/aromatic N) is 5. The lowest BCUT2D eigenvalue weighted by atomic mass is 10.3. The minimum atomic E-state index is -0.375. The largest absolute Gasteiger partial charge is 0.486 e. The number of benzene rings is 1. The molecule has 0 amide bonds. The second kappa shape index (κ2) is 11.5. The first kappa shape index (κ1) is 23.6. The number of anilines is 1. The summed E-state index contributed by atoms with van der Waals surface area (Å²) in [5, 5.41) is 14.7. The van der Waals surface area contributed by atoms with Gasteiger partial charge in [0.05, 0.1) is 18.1 Å². The smallest absolute Gasteiger partial charge is 0.191 e. The number of aryl methyl sites for hydroxylation is 1. The number of guanidine groups is 1. The van der Waals surface area contributed by atoms with Crippen molar-refractivity contribution in [3.8, 4) is 5.75 Å². The Morgan fingerprint density at radius 2 is 2.03 bits per heavy atom. The third kappa shape index (κ3) is 6.15. The lowest BCUT2D eigenvalue weighted by Gasteiger charge is -2.18. The maximum absolute atomic E-state index is 13.7. The molecule has 3 N–H and O–H groups in total. The van der Waals surface area contributed by atoms with Crippen molar-refractivity contribution < 1.29 is 9.13 Å². The Bertz CT molecular complexity index is 980. The highest BCUT2D eigenvalue weighted by atomic mass is 127. The van der Waals surface area contributed by atoms with Gasteiger partial charge < -0.3 is 20.7 Å². The molecule has 1 atom stereocenters. The number of fused-ring (bicyclic) bond motifs is 1. The zero-order valence-electron chi connectivity index (χ0n) is 17.1. The molecule has 0 fully saturated rings. The molecular weight excluding hydrogens is 502 g/mol. The Hall–Kier alpha value is -2.70. The summed E-state index contributed by atoms with van der Waals surface area (Å²) < 4.78 is 21.0. The second-order valence-corrected chi connectivity index (χ2v) is 6.39. The van der Waals surface area contributed by atoms with Crippen LogP contribution in [-0.4, -0.2) is 58.5 Å². The SMILES string of the molecule is CN=C(NCCNc1ncnc2c1cnn2C)NCC(C)Oc1ccccc1F.I. The maximum atomic E-state index is 13.7. The van der Waals surface area contributed by atoms with Crippen molar-refractivity contribution in [1.29, 1.82) is 0 Å². The summed E-state index contributed by atoms with van der Waals surface area (Å²) >= 11 is 0. The molecule has 0 saturated heterocycles. The van der Waals surface area contributed by atoms with Gasteiger partial charge in [-0.3, -0.25) is 9.67 Å². The monoisotopic (exact) mass is 528 g/mol. The zero-order chi connectivity index (χ0) is 20.6. The van der Waals surface area contributed by atoms with Gasteiger partial charge in [-0.05, 0) is 19.1 Å². The van der Waals surface area contributed by atoms with Crippen LogP contribution in [0.2, 0.25) is 0 Å². The van der Waals surface area contributed by atoms with Crippen molar-refractivity contribution in [3.63, 3.8) is 0 Å². The van der Waals surface area contributed by atoms with E-state index in [1.54, 1.807) is 36.1 Å². The third-order valence-electron chi connectivity index (χ3n) is 4.18. The average Bonchev–Trinajstić information content (AvgIpc) is 3.11. The van der Waals surface area contributed by atoms with Gasteiger partial charge in [0, 0.05) is 27.2 Å². The predicted molar refractivity (Wildman–Crippen MR) is 126 cm³/mol. The molecule has 9 nitrogen and oxygen atoms in total. The highest BCUT2D eigenvalue weighted by molar-refractivity contribution is 14.0. The molecule has 0 aliphatic carbocycles. The van der Waals surface area contributed by atoms with E-state index in [0.29, 0.717) is 25.6 Å². The van der Waals surface area contributed by atoms with E-state index >= 15 is 0 Å². The van der Waals surface area contributed by atoms with E-state index in [1.165, 1.54) is 12.4 Å². The number of para-hydroxylation sites is 1. The molecular formula is C19H26FIN8O. The summed E-state index contributed by atoms with van der Waals surface area (Å²) in [4.78, 5) is 12.7. The van der Waals surface area contributed by atoms with Gasteiger partial charge >= 0.3 is 0 Å². The van der Waals surface area contributed by atoms with Crippen molar-refractivity contribution in [2.75, 3.05) is 32.0 Å². The first-order valence-electron chi connectivity index (χ1n) is 9.30. The van der Waals surface area contributed by atoms with Crippen molar-refractivity contribution in [2.24, 2.45) is 12.0 Å². The fourth-order valence-electron chi connectivity index (χ4n) is 2.72. The predicted octanol–water partition coefficient (Wildman–Crippen LogP) is 2.16. The quantitative estimate of drug-likeness (QED) is 0.178. The number of rotatable bonds is 8. The van der Waals surface area contributed by atoms with Gasteiger partial charge in [0.15, 0.2) is 23.2 Å². The van der Waals surface area contributed by atoms with Crippen LogP contribution in [0.25, 0.3) is 11.0 Å². The minimum Gasteiger partial charge on any atom is -0.486 e. The molecule has 0 aliphatic rings. The highest BCUT2D eigenvalue weighted by Crippen LogP contribution is 2.17. The number of nitrogens with one attached hydrogen (secondary N) is 3. The minimum absolute atomic E-state index is 0. The Morgan fingerprint density at radius 1 is 1.23 bits per heavy atom. The van der Waals surface area contributed by atoms with Crippen LogP contribution in [0, 0.1) is 5.82 Å². The van der Waals surface area contributed by atoms with Crippen LogP contribution in [0.1, 0.15) is 6.92 Å². The van der Waals surface area contributed by atoms with Crippen LogP contribution >= 0.6 is 24.0 Å². The first-order chi connectivity index (χ1) is 14.1. The summed E-state index contributed by atoms with van der Waals surface area (Å²) in [5.74, 6) is 1.23. The number of aromatic nitrogens is 4.